The Balaban J connectivity index is 1.79. The first kappa shape index (κ1) is 12.1. The molecular weight excluding hydrogens is 236 g/mol. The zero-order chi connectivity index (χ0) is 13.1. The third kappa shape index (κ3) is 2.74. The Kier molecular flexibility index (Phi) is 3.42. The van der Waals surface area contributed by atoms with Crippen LogP contribution in [0.1, 0.15) is 12.8 Å². The van der Waals surface area contributed by atoms with Crippen molar-refractivity contribution in [3.63, 3.8) is 0 Å². The van der Waals surface area contributed by atoms with Crippen molar-refractivity contribution >= 4 is 5.95 Å². The summed E-state index contributed by atoms with van der Waals surface area (Å²) in [6.45, 7) is 1.85. The minimum atomic E-state index is 0.242. The number of benzene rings is 1. The fourth-order valence-electron chi connectivity index (χ4n) is 2.46. The van der Waals surface area contributed by atoms with Crippen LogP contribution >= 0.6 is 0 Å². The van der Waals surface area contributed by atoms with E-state index in [1.165, 1.54) is 0 Å². The molecule has 1 unspecified atom stereocenters. The molecule has 1 saturated heterocycles. The van der Waals surface area contributed by atoms with Gasteiger partial charge in [0.2, 0.25) is 5.95 Å². The van der Waals surface area contributed by atoms with Crippen LogP contribution in [0.5, 0.6) is 0 Å². The third-order valence-electron chi connectivity index (χ3n) is 3.49. The SMILES string of the molecule is NC1CCCN(c2ncc(-c3ccccc3)cn2)C1. The van der Waals surface area contributed by atoms with Gasteiger partial charge in [0.25, 0.3) is 0 Å². The van der Waals surface area contributed by atoms with Gasteiger partial charge in [-0.3, -0.25) is 0 Å². The van der Waals surface area contributed by atoms with Gasteiger partial charge in [0.15, 0.2) is 0 Å². The first-order valence-electron chi connectivity index (χ1n) is 6.71. The number of aromatic nitrogens is 2. The van der Waals surface area contributed by atoms with Crippen LogP contribution in [0.15, 0.2) is 42.7 Å². The molecule has 0 saturated carbocycles. The lowest BCUT2D eigenvalue weighted by molar-refractivity contribution is 0.500. The van der Waals surface area contributed by atoms with Crippen LogP contribution in [-0.4, -0.2) is 29.1 Å². The van der Waals surface area contributed by atoms with Crippen molar-refractivity contribution in [2.45, 2.75) is 18.9 Å². The van der Waals surface area contributed by atoms with E-state index < -0.39 is 0 Å². The summed E-state index contributed by atoms with van der Waals surface area (Å²) in [4.78, 5) is 11.1. The van der Waals surface area contributed by atoms with Gasteiger partial charge in [0.05, 0.1) is 0 Å². The average Bonchev–Trinajstić information content (AvgIpc) is 2.48. The average molecular weight is 254 g/mol. The number of hydrogen-bond acceptors (Lipinski definition) is 4. The summed E-state index contributed by atoms with van der Waals surface area (Å²) >= 11 is 0. The van der Waals surface area contributed by atoms with Crippen molar-refractivity contribution in [1.82, 2.24) is 9.97 Å². The lowest BCUT2D eigenvalue weighted by Gasteiger charge is -2.30. The van der Waals surface area contributed by atoms with Gasteiger partial charge in [-0.05, 0) is 18.4 Å². The highest BCUT2D eigenvalue weighted by molar-refractivity contribution is 5.61. The second-order valence-electron chi connectivity index (χ2n) is 4.99. The van der Waals surface area contributed by atoms with Crippen molar-refractivity contribution in [3.05, 3.63) is 42.7 Å². The van der Waals surface area contributed by atoms with Gasteiger partial charge in [-0.15, -0.1) is 0 Å². The van der Waals surface area contributed by atoms with Crippen molar-refractivity contribution in [2.24, 2.45) is 5.73 Å². The van der Waals surface area contributed by atoms with Gasteiger partial charge in [0, 0.05) is 37.1 Å². The number of anilines is 1. The van der Waals surface area contributed by atoms with E-state index in [2.05, 4.69) is 27.0 Å². The predicted octanol–water partition coefficient (Wildman–Crippen LogP) is 2.07. The predicted molar refractivity (Wildman–Crippen MR) is 76.9 cm³/mol. The second kappa shape index (κ2) is 5.36. The van der Waals surface area contributed by atoms with Crippen LogP contribution in [-0.2, 0) is 0 Å². The Morgan fingerprint density at radius 3 is 2.47 bits per heavy atom. The highest BCUT2D eigenvalue weighted by atomic mass is 15.3. The number of hydrogen-bond donors (Lipinski definition) is 1. The molecule has 2 N–H and O–H groups in total. The van der Waals surface area contributed by atoms with E-state index in [1.54, 1.807) is 0 Å². The smallest absolute Gasteiger partial charge is 0.225 e. The minimum Gasteiger partial charge on any atom is -0.339 e. The lowest BCUT2D eigenvalue weighted by Crippen LogP contribution is -2.43. The molecule has 0 amide bonds. The standard InChI is InChI=1S/C15H18N4/c16-14-7-4-8-19(11-14)15-17-9-13(10-18-15)12-5-2-1-3-6-12/h1-3,5-6,9-10,14H,4,7-8,11,16H2. The van der Waals surface area contributed by atoms with Gasteiger partial charge in [-0.1, -0.05) is 30.3 Å². The lowest BCUT2D eigenvalue weighted by atomic mass is 10.1. The molecule has 2 heterocycles. The van der Waals surface area contributed by atoms with E-state index in [1.807, 2.05) is 30.6 Å². The molecule has 0 aliphatic carbocycles. The molecule has 0 spiro atoms. The maximum absolute atomic E-state index is 5.99. The third-order valence-corrected chi connectivity index (χ3v) is 3.49. The second-order valence-corrected chi connectivity index (χ2v) is 4.99. The number of piperidine rings is 1. The van der Waals surface area contributed by atoms with E-state index >= 15 is 0 Å². The summed E-state index contributed by atoms with van der Waals surface area (Å²) in [6.07, 6.45) is 5.99. The van der Waals surface area contributed by atoms with Crippen molar-refractivity contribution in [1.29, 1.82) is 0 Å². The molecule has 1 aliphatic rings. The molecule has 1 atom stereocenters. The summed E-state index contributed by atoms with van der Waals surface area (Å²) in [5.74, 6) is 0.787. The Hall–Kier alpha value is -1.94. The van der Waals surface area contributed by atoms with Crippen LogP contribution in [0.25, 0.3) is 11.1 Å². The Labute approximate surface area is 113 Å². The van der Waals surface area contributed by atoms with Crippen LogP contribution in [0.3, 0.4) is 0 Å². The molecule has 1 aromatic heterocycles. The molecule has 4 heteroatoms. The summed E-state index contributed by atoms with van der Waals surface area (Å²) in [5.41, 5.74) is 8.18. The first-order valence-corrected chi connectivity index (χ1v) is 6.71. The van der Waals surface area contributed by atoms with Gasteiger partial charge >= 0.3 is 0 Å². The largest absolute Gasteiger partial charge is 0.339 e. The number of rotatable bonds is 2. The van der Waals surface area contributed by atoms with E-state index in [9.17, 15) is 0 Å². The normalized spacial score (nSPS) is 19.4. The number of nitrogens with zero attached hydrogens (tertiary/aromatic N) is 3. The van der Waals surface area contributed by atoms with Crippen molar-refractivity contribution < 1.29 is 0 Å². The van der Waals surface area contributed by atoms with E-state index in [4.69, 9.17) is 5.73 Å². The Morgan fingerprint density at radius 1 is 1.05 bits per heavy atom. The Bertz CT molecular complexity index is 524. The molecule has 1 fully saturated rings. The Morgan fingerprint density at radius 2 is 1.79 bits per heavy atom. The molecule has 0 bridgehead atoms. The van der Waals surface area contributed by atoms with Crippen molar-refractivity contribution in [2.75, 3.05) is 18.0 Å². The van der Waals surface area contributed by atoms with Gasteiger partial charge in [-0.25, -0.2) is 9.97 Å². The van der Waals surface area contributed by atoms with E-state index in [0.717, 1.165) is 43.0 Å². The topological polar surface area (TPSA) is 55.0 Å². The van der Waals surface area contributed by atoms with E-state index in [0.29, 0.717) is 0 Å². The molecule has 4 nitrogen and oxygen atoms in total. The number of nitrogens with two attached hydrogens (primary N) is 1. The van der Waals surface area contributed by atoms with Gasteiger partial charge in [-0.2, -0.15) is 0 Å². The molecule has 2 aromatic rings. The van der Waals surface area contributed by atoms with Crippen LogP contribution < -0.4 is 10.6 Å². The molecule has 1 aliphatic heterocycles. The highest BCUT2D eigenvalue weighted by Gasteiger charge is 2.18. The summed E-state index contributed by atoms with van der Waals surface area (Å²) in [7, 11) is 0. The highest BCUT2D eigenvalue weighted by Crippen LogP contribution is 2.20. The van der Waals surface area contributed by atoms with Crippen LogP contribution in [0.4, 0.5) is 5.95 Å². The molecule has 98 valence electrons. The first-order chi connectivity index (χ1) is 9.33. The zero-order valence-corrected chi connectivity index (χ0v) is 10.9. The summed E-state index contributed by atoms with van der Waals surface area (Å²) < 4.78 is 0. The molecule has 1 aromatic carbocycles. The van der Waals surface area contributed by atoms with Gasteiger partial charge in [0.1, 0.15) is 0 Å². The quantitative estimate of drug-likeness (QED) is 0.891. The fraction of sp³-hybridized carbons (Fsp3) is 0.333. The van der Waals surface area contributed by atoms with E-state index in [-0.39, 0.29) is 6.04 Å². The minimum absolute atomic E-state index is 0.242. The zero-order valence-electron chi connectivity index (χ0n) is 10.9. The van der Waals surface area contributed by atoms with Crippen LogP contribution in [0, 0.1) is 0 Å². The summed E-state index contributed by atoms with van der Waals surface area (Å²) in [6, 6.07) is 10.4. The monoisotopic (exact) mass is 254 g/mol. The van der Waals surface area contributed by atoms with Crippen molar-refractivity contribution in [3.8, 4) is 11.1 Å². The maximum Gasteiger partial charge on any atom is 0.225 e. The molecule has 19 heavy (non-hydrogen) atoms. The summed E-state index contributed by atoms with van der Waals surface area (Å²) in [5, 5.41) is 0. The van der Waals surface area contributed by atoms with Gasteiger partial charge < -0.3 is 10.6 Å². The molecule has 0 radical (unpaired) electrons. The maximum atomic E-state index is 5.99. The molecular formula is C15H18N4. The van der Waals surface area contributed by atoms with Crippen LogP contribution in [0.2, 0.25) is 0 Å². The fourth-order valence-corrected chi connectivity index (χ4v) is 2.46. The molecule has 3 rings (SSSR count).